The Morgan fingerprint density at radius 2 is 2.33 bits per heavy atom. The van der Waals surface area contributed by atoms with Crippen LogP contribution in [0.25, 0.3) is 0 Å². The molecule has 15 heavy (non-hydrogen) atoms. The molecule has 0 aliphatic carbocycles. The van der Waals surface area contributed by atoms with Crippen molar-refractivity contribution < 1.29 is 21.1 Å². The topological polar surface area (TPSA) is 17.3 Å². The van der Waals surface area contributed by atoms with Gasteiger partial charge in [0.05, 0.1) is 0 Å². The maximum Gasteiger partial charge on any atom is 0.0222 e. The minimum absolute atomic E-state index is 0. The van der Waals surface area contributed by atoms with E-state index in [1.807, 2.05) is 7.05 Å². The van der Waals surface area contributed by atoms with E-state index in [2.05, 4.69) is 40.9 Å². The number of aliphatic imine (C=N–C) groups is 1. The van der Waals surface area contributed by atoms with E-state index >= 15 is 0 Å². The van der Waals surface area contributed by atoms with Crippen LogP contribution < -0.4 is 0 Å². The van der Waals surface area contributed by atoms with Gasteiger partial charge in [-0.2, -0.15) is 5.57 Å². The maximum absolute atomic E-state index is 4.36. The van der Waals surface area contributed by atoms with Crippen LogP contribution in [0.4, 0.5) is 0 Å². The van der Waals surface area contributed by atoms with Crippen molar-refractivity contribution in [2.24, 2.45) is 4.99 Å². The molecular weight excluding hydrogens is 356 g/mol. The fraction of sp³-hybridized carbons (Fsp3) is 0.417. The van der Waals surface area contributed by atoms with Crippen molar-refractivity contribution in [3.05, 3.63) is 35.7 Å². The molecule has 2 nitrogen and oxygen atoms in total. The van der Waals surface area contributed by atoms with E-state index in [0.29, 0.717) is 0 Å². The first-order valence-corrected chi connectivity index (χ1v) is 5.09. The summed E-state index contributed by atoms with van der Waals surface area (Å²) in [6, 6.07) is 4.20. The number of nitrogens with zero attached hydrogens (tertiary/aromatic N) is 2. The minimum Gasteiger partial charge on any atom is -0.380 e. The summed E-state index contributed by atoms with van der Waals surface area (Å²) in [5.41, 5.74) is 3.62. The second-order valence-electron chi connectivity index (χ2n) is 3.42. The number of rotatable bonds is 1. The number of aromatic nitrogens is 1. The van der Waals surface area contributed by atoms with E-state index in [9.17, 15) is 0 Å². The monoisotopic (exact) mass is 371 g/mol. The van der Waals surface area contributed by atoms with Gasteiger partial charge in [0, 0.05) is 40.9 Å². The van der Waals surface area contributed by atoms with Crippen molar-refractivity contribution in [3.8, 4) is 0 Å². The molecule has 0 aromatic carbocycles. The predicted octanol–water partition coefficient (Wildman–Crippen LogP) is 2.45. The molecule has 1 aromatic heterocycles. The number of aryl methyl sites for hydroxylation is 1. The normalized spacial score (nSPS) is 20.1. The average Bonchev–Trinajstić information content (AvgIpc) is 2.66. The molecule has 0 atom stereocenters. The fourth-order valence-electron chi connectivity index (χ4n) is 1.96. The Labute approximate surface area is 105 Å². The summed E-state index contributed by atoms with van der Waals surface area (Å²) in [4.78, 5) is 4.36. The summed E-state index contributed by atoms with van der Waals surface area (Å²) in [5, 5.41) is 0. The van der Waals surface area contributed by atoms with Gasteiger partial charge in [0.1, 0.15) is 0 Å². The summed E-state index contributed by atoms with van der Waals surface area (Å²) in [7, 11) is 1.86. The second-order valence-corrected chi connectivity index (χ2v) is 3.42. The molecule has 2 heterocycles. The van der Waals surface area contributed by atoms with E-state index in [-0.39, 0.29) is 21.1 Å². The minimum atomic E-state index is 0. The van der Waals surface area contributed by atoms with Crippen LogP contribution >= 0.6 is 0 Å². The van der Waals surface area contributed by atoms with E-state index < -0.39 is 0 Å². The number of hydrogen-bond acceptors (Lipinski definition) is 1. The zero-order valence-corrected chi connectivity index (χ0v) is 12.1. The summed E-state index contributed by atoms with van der Waals surface area (Å²) in [5.74, 6) is 0. The van der Waals surface area contributed by atoms with Gasteiger partial charge in [-0.3, -0.25) is 6.08 Å². The van der Waals surface area contributed by atoms with Crippen LogP contribution in [0.1, 0.15) is 25.5 Å². The Bertz CT molecular complexity index is 388. The Morgan fingerprint density at radius 1 is 1.53 bits per heavy atom. The summed E-state index contributed by atoms with van der Waals surface area (Å²) >= 11 is 0. The zero-order valence-electron chi connectivity index (χ0n) is 9.16. The van der Waals surface area contributed by atoms with Gasteiger partial charge in [0.15, 0.2) is 0 Å². The van der Waals surface area contributed by atoms with Crippen LogP contribution in [0.2, 0.25) is 0 Å². The molecule has 1 aromatic rings. The van der Waals surface area contributed by atoms with Crippen LogP contribution in [0.3, 0.4) is 0 Å². The Morgan fingerprint density at radius 3 is 3.00 bits per heavy atom. The van der Waals surface area contributed by atoms with Gasteiger partial charge in [-0.1, -0.05) is 18.7 Å². The molecule has 3 heteroatoms. The quantitative estimate of drug-likeness (QED) is 0.675. The standard InChI is InChI=1S/C12H15N2.W/c1-3-5-10-7-9-14-8-4-6-11(14)12(10)13-2;/h4,6,8H,3,7,9H2,1-2H3;/q-1;. The molecule has 1 aliphatic heterocycles. The largest absolute Gasteiger partial charge is 0.380 e. The predicted molar refractivity (Wildman–Crippen MR) is 58.6 cm³/mol. The SMILES string of the molecule is CC[C-]=C1CCn2cccc2C1=NC.[W]. The van der Waals surface area contributed by atoms with Crippen LogP contribution in [0, 0.1) is 6.08 Å². The molecule has 0 N–H and O–H groups in total. The molecule has 80 valence electrons. The van der Waals surface area contributed by atoms with E-state index in [1.54, 1.807) is 0 Å². The molecule has 0 radical (unpaired) electrons. The van der Waals surface area contributed by atoms with Gasteiger partial charge in [-0.25, -0.2) is 0 Å². The Balaban J connectivity index is 0.00000112. The van der Waals surface area contributed by atoms with Crippen LogP contribution in [-0.2, 0) is 27.6 Å². The third-order valence-electron chi connectivity index (χ3n) is 2.57. The van der Waals surface area contributed by atoms with Crippen molar-refractivity contribution in [2.75, 3.05) is 7.05 Å². The number of allylic oxidation sites excluding steroid dienone is 2. The average molecular weight is 371 g/mol. The molecule has 0 fully saturated rings. The van der Waals surface area contributed by atoms with Crippen molar-refractivity contribution in [2.45, 2.75) is 26.3 Å². The van der Waals surface area contributed by atoms with Gasteiger partial charge in [-0.05, 0) is 18.2 Å². The Hall–Kier alpha value is -0.622. The summed E-state index contributed by atoms with van der Waals surface area (Å²) in [6.07, 6.45) is 7.53. The van der Waals surface area contributed by atoms with Crippen molar-refractivity contribution in [3.63, 3.8) is 0 Å². The summed E-state index contributed by atoms with van der Waals surface area (Å²) in [6.45, 7) is 3.18. The van der Waals surface area contributed by atoms with Gasteiger partial charge in [0.25, 0.3) is 0 Å². The van der Waals surface area contributed by atoms with Crippen molar-refractivity contribution in [1.82, 2.24) is 4.57 Å². The molecule has 0 saturated carbocycles. The molecular formula is C12H15N2W-. The van der Waals surface area contributed by atoms with Gasteiger partial charge >= 0.3 is 0 Å². The molecule has 0 bridgehead atoms. The first-order chi connectivity index (χ1) is 6.86. The maximum atomic E-state index is 4.36. The summed E-state index contributed by atoms with van der Waals surface area (Å²) < 4.78 is 2.25. The van der Waals surface area contributed by atoms with E-state index in [4.69, 9.17) is 0 Å². The molecule has 0 amide bonds. The Kier molecular flexibility index (Phi) is 4.53. The van der Waals surface area contributed by atoms with Crippen LogP contribution in [0.5, 0.6) is 0 Å². The number of hydrogen-bond donors (Lipinski definition) is 0. The van der Waals surface area contributed by atoms with Gasteiger partial charge in [-0.15, -0.1) is 6.42 Å². The first-order valence-electron chi connectivity index (χ1n) is 5.09. The smallest absolute Gasteiger partial charge is 0.0222 e. The zero-order chi connectivity index (χ0) is 9.97. The first kappa shape index (κ1) is 12.4. The third-order valence-corrected chi connectivity index (χ3v) is 2.57. The molecule has 0 unspecified atom stereocenters. The molecule has 0 spiro atoms. The van der Waals surface area contributed by atoms with Crippen LogP contribution in [-0.4, -0.2) is 17.3 Å². The molecule has 0 saturated heterocycles. The van der Waals surface area contributed by atoms with Gasteiger partial charge < -0.3 is 9.56 Å². The second kappa shape index (κ2) is 5.46. The van der Waals surface area contributed by atoms with E-state index in [1.165, 1.54) is 11.3 Å². The van der Waals surface area contributed by atoms with Gasteiger partial charge in [0.2, 0.25) is 0 Å². The van der Waals surface area contributed by atoms with Crippen molar-refractivity contribution >= 4 is 5.71 Å². The third kappa shape index (κ3) is 2.31. The van der Waals surface area contributed by atoms with Crippen molar-refractivity contribution in [1.29, 1.82) is 0 Å². The fourth-order valence-corrected chi connectivity index (χ4v) is 1.96. The van der Waals surface area contributed by atoms with E-state index in [0.717, 1.165) is 25.1 Å². The number of fused-ring (bicyclic) bond motifs is 1. The van der Waals surface area contributed by atoms with Crippen LogP contribution in [0.15, 0.2) is 28.9 Å². The molecule has 2 rings (SSSR count). The molecule has 1 aliphatic rings.